The molecule has 5 heteroatoms. The number of aryl methyl sites for hydroxylation is 1. The van der Waals surface area contributed by atoms with E-state index in [2.05, 4.69) is 5.32 Å². The average molecular weight is 296 g/mol. The van der Waals surface area contributed by atoms with Crippen molar-refractivity contribution in [1.29, 1.82) is 0 Å². The van der Waals surface area contributed by atoms with Gasteiger partial charge in [-0.15, -0.1) is 0 Å². The van der Waals surface area contributed by atoms with E-state index in [4.69, 9.17) is 4.42 Å². The molecule has 0 aliphatic rings. The highest BCUT2D eigenvalue weighted by Gasteiger charge is 2.21. The van der Waals surface area contributed by atoms with Crippen LogP contribution >= 0.6 is 0 Å². The molecular formula is C17H16N2O3. The monoisotopic (exact) mass is 296 g/mol. The summed E-state index contributed by atoms with van der Waals surface area (Å²) in [6.45, 7) is 3.65. The highest BCUT2D eigenvalue weighted by Crippen LogP contribution is 2.18. The summed E-state index contributed by atoms with van der Waals surface area (Å²) in [5.74, 6) is -0.801. The highest BCUT2D eigenvalue weighted by atomic mass is 16.4. The third-order valence-electron chi connectivity index (χ3n) is 3.60. The second-order valence-electron chi connectivity index (χ2n) is 5.24. The molecule has 0 radical (unpaired) electrons. The first kappa shape index (κ1) is 14.1. The maximum atomic E-state index is 12.4. The molecule has 1 aromatic heterocycles. The van der Waals surface area contributed by atoms with E-state index in [0.717, 1.165) is 5.56 Å². The molecule has 3 aromatic rings. The predicted molar refractivity (Wildman–Crippen MR) is 85.0 cm³/mol. The molecule has 1 N–H and O–H groups in total. The van der Waals surface area contributed by atoms with Crippen LogP contribution in [0.2, 0.25) is 0 Å². The molecule has 1 heterocycles. The Morgan fingerprint density at radius 2 is 1.82 bits per heavy atom. The van der Waals surface area contributed by atoms with E-state index >= 15 is 0 Å². The molecule has 1 atom stereocenters. The zero-order chi connectivity index (χ0) is 15.7. The van der Waals surface area contributed by atoms with Crippen LogP contribution in [0.4, 0.5) is 5.69 Å². The molecule has 0 saturated heterocycles. The molecular weight excluding hydrogens is 280 g/mol. The third-order valence-corrected chi connectivity index (χ3v) is 3.60. The summed E-state index contributed by atoms with van der Waals surface area (Å²) >= 11 is 0. The third kappa shape index (κ3) is 2.53. The van der Waals surface area contributed by atoms with E-state index in [-0.39, 0.29) is 5.91 Å². The van der Waals surface area contributed by atoms with Gasteiger partial charge in [-0.3, -0.25) is 9.36 Å². The molecule has 0 saturated carbocycles. The lowest BCUT2D eigenvalue weighted by molar-refractivity contribution is -0.118. The Morgan fingerprint density at radius 3 is 2.55 bits per heavy atom. The molecule has 22 heavy (non-hydrogen) atoms. The SMILES string of the molecule is Cc1ccc(NC(=O)C(C)n2c(=O)oc3ccccc32)cc1. The first-order chi connectivity index (χ1) is 10.6. The van der Waals surface area contributed by atoms with E-state index in [1.165, 1.54) is 4.57 Å². The number of benzene rings is 2. The van der Waals surface area contributed by atoms with Crippen molar-refractivity contribution in [1.82, 2.24) is 4.57 Å². The minimum atomic E-state index is -0.669. The van der Waals surface area contributed by atoms with Crippen molar-refractivity contribution in [3.8, 4) is 0 Å². The van der Waals surface area contributed by atoms with Crippen LogP contribution in [0.1, 0.15) is 18.5 Å². The number of carbonyl (C=O) groups excluding carboxylic acids is 1. The lowest BCUT2D eigenvalue weighted by Gasteiger charge is -2.13. The van der Waals surface area contributed by atoms with E-state index in [0.29, 0.717) is 16.8 Å². The number of oxazole rings is 1. The minimum Gasteiger partial charge on any atom is -0.408 e. The molecule has 5 nitrogen and oxygen atoms in total. The van der Waals surface area contributed by atoms with Gasteiger partial charge in [-0.2, -0.15) is 0 Å². The van der Waals surface area contributed by atoms with Gasteiger partial charge in [0.25, 0.3) is 0 Å². The Bertz CT molecular complexity index is 875. The van der Waals surface area contributed by atoms with Crippen molar-refractivity contribution < 1.29 is 9.21 Å². The van der Waals surface area contributed by atoms with Crippen LogP contribution in [0.15, 0.2) is 57.7 Å². The normalized spacial score (nSPS) is 12.3. The standard InChI is InChI=1S/C17H16N2O3/c1-11-7-9-13(10-8-11)18-16(20)12(2)19-14-5-3-4-6-15(14)22-17(19)21/h3-10,12H,1-2H3,(H,18,20). The second-order valence-corrected chi connectivity index (χ2v) is 5.24. The van der Waals surface area contributed by atoms with Gasteiger partial charge in [-0.25, -0.2) is 4.79 Å². The quantitative estimate of drug-likeness (QED) is 0.807. The Hall–Kier alpha value is -2.82. The van der Waals surface area contributed by atoms with Crippen molar-refractivity contribution in [2.24, 2.45) is 0 Å². The number of anilines is 1. The Kier molecular flexibility index (Phi) is 3.55. The van der Waals surface area contributed by atoms with E-state index in [9.17, 15) is 9.59 Å². The fourth-order valence-corrected chi connectivity index (χ4v) is 2.35. The van der Waals surface area contributed by atoms with Crippen LogP contribution in [0.5, 0.6) is 0 Å². The number of nitrogens with one attached hydrogen (secondary N) is 1. The van der Waals surface area contributed by atoms with Crippen LogP contribution in [0.25, 0.3) is 11.1 Å². The van der Waals surface area contributed by atoms with Crippen LogP contribution in [-0.4, -0.2) is 10.5 Å². The van der Waals surface area contributed by atoms with E-state index in [1.54, 1.807) is 31.2 Å². The van der Waals surface area contributed by atoms with Gasteiger partial charge in [-0.1, -0.05) is 29.8 Å². The molecule has 1 amide bonds. The van der Waals surface area contributed by atoms with Crippen molar-refractivity contribution in [2.75, 3.05) is 5.32 Å². The van der Waals surface area contributed by atoms with Crippen LogP contribution in [0, 0.1) is 6.92 Å². The summed E-state index contributed by atoms with van der Waals surface area (Å²) in [6, 6.07) is 13.9. The molecule has 2 aromatic carbocycles. The smallest absolute Gasteiger partial charge is 0.408 e. The molecule has 0 spiro atoms. The van der Waals surface area contributed by atoms with Crippen molar-refractivity contribution in [3.05, 3.63) is 64.6 Å². The summed E-state index contributed by atoms with van der Waals surface area (Å²) in [5, 5.41) is 2.81. The first-order valence-electron chi connectivity index (χ1n) is 7.04. The van der Waals surface area contributed by atoms with Crippen LogP contribution < -0.4 is 11.1 Å². The Labute approximate surface area is 127 Å². The van der Waals surface area contributed by atoms with Crippen LogP contribution in [-0.2, 0) is 4.79 Å². The summed E-state index contributed by atoms with van der Waals surface area (Å²) in [7, 11) is 0. The highest BCUT2D eigenvalue weighted by molar-refractivity contribution is 5.94. The van der Waals surface area contributed by atoms with Gasteiger partial charge in [0.2, 0.25) is 5.91 Å². The molecule has 3 rings (SSSR count). The van der Waals surface area contributed by atoms with Gasteiger partial charge >= 0.3 is 5.76 Å². The number of nitrogens with zero attached hydrogens (tertiary/aromatic N) is 1. The number of para-hydroxylation sites is 2. The predicted octanol–water partition coefficient (Wildman–Crippen LogP) is 3.10. The summed E-state index contributed by atoms with van der Waals surface area (Å²) in [6.07, 6.45) is 0. The largest absolute Gasteiger partial charge is 0.420 e. The van der Waals surface area contributed by atoms with Gasteiger partial charge in [0.15, 0.2) is 5.58 Å². The number of hydrogen-bond acceptors (Lipinski definition) is 3. The Balaban J connectivity index is 1.90. The fraction of sp³-hybridized carbons (Fsp3) is 0.176. The molecule has 0 bridgehead atoms. The summed E-state index contributed by atoms with van der Waals surface area (Å²) < 4.78 is 6.52. The molecule has 1 unspecified atom stereocenters. The zero-order valence-corrected chi connectivity index (χ0v) is 12.4. The number of amides is 1. The summed E-state index contributed by atoms with van der Waals surface area (Å²) in [5.41, 5.74) is 2.90. The number of aromatic nitrogens is 1. The van der Waals surface area contributed by atoms with Gasteiger partial charge in [0.1, 0.15) is 6.04 Å². The number of hydrogen-bond donors (Lipinski definition) is 1. The first-order valence-corrected chi connectivity index (χ1v) is 7.04. The number of rotatable bonds is 3. The van der Waals surface area contributed by atoms with E-state index < -0.39 is 11.8 Å². The number of carbonyl (C=O) groups is 1. The fourth-order valence-electron chi connectivity index (χ4n) is 2.35. The minimum absolute atomic E-state index is 0.266. The number of fused-ring (bicyclic) bond motifs is 1. The van der Waals surface area contributed by atoms with Gasteiger partial charge < -0.3 is 9.73 Å². The van der Waals surface area contributed by atoms with Gasteiger partial charge in [-0.05, 0) is 38.1 Å². The summed E-state index contributed by atoms with van der Waals surface area (Å²) in [4.78, 5) is 24.4. The maximum Gasteiger partial charge on any atom is 0.420 e. The maximum absolute atomic E-state index is 12.4. The Morgan fingerprint density at radius 1 is 1.14 bits per heavy atom. The van der Waals surface area contributed by atoms with Crippen molar-refractivity contribution in [2.45, 2.75) is 19.9 Å². The molecule has 0 aliphatic heterocycles. The van der Waals surface area contributed by atoms with Gasteiger partial charge in [0.05, 0.1) is 5.52 Å². The van der Waals surface area contributed by atoms with E-state index in [1.807, 2.05) is 31.2 Å². The average Bonchev–Trinajstić information content (AvgIpc) is 2.84. The molecule has 0 aliphatic carbocycles. The zero-order valence-electron chi connectivity index (χ0n) is 12.4. The molecule has 0 fully saturated rings. The second kappa shape index (κ2) is 5.52. The van der Waals surface area contributed by atoms with Crippen LogP contribution in [0.3, 0.4) is 0 Å². The molecule has 112 valence electrons. The van der Waals surface area contributed by atoms with Crippen molar-refractivity contribution >= 4 is 22.7 Å². The van der Waals surface area contributed by atoms with Crippen molar-refractivity contribution in [3.63, 3.8) is 0 Å². The lowest BCUT2D eigenvalue weighted by atomic mass is 10.2. The van der Waals surface area contributed by atoms with Gasteiger partial charge in [0, 0.05) is 5.69 Å². The topological polar surface area (TPSA) is 64.2 Å². The lowest BCUT2D eigenvalue weighted by Crippen LogP contribution is -2.29.